The van der Waals surface area contributed by atoms with Crippen molar-refractivity contribution in [3.8, 4) is 0 Å². The van der Waals surface area contributed by atoms with Crippen molar-refractivity contribution in [3.05, 3.63) is 0 Å². The lowest BCUT2D eigenvalue weighted by Crippen LogP contribution is -2.47. The number of carbonyl (C=O) groups is 1. The van der Waals surface area contributed by atoms with Crippen molar-refractivity contribution in [2.45, 2.75) is 45.3 Å². The molecule has 2 unspecified atom stereocenters. The molecule has 0 aliphatic carbocycles. The van der Waals surface area contributed by atoms with E-state index in [1.165, 1.54) is 0 Å². The molecule has 92 valence electrons. The third-order valence-electron chi connectivity index (χ3n) is 3.34. The summed E-state index contributed by atoms with van der Waals surface area (Å²) in [6.07, 6.45) is 2.03. The highest BCUT2D eigenvalue weighted by Gasteiger charge is 2.39. The minimum Gasteiger partial charge on any atom is -0.444 e. The Morgan fingerprint density at radius 1 is 1.38 bits per heavy atom. The first-order valence-corrected chi connectivity index (χ1v) is 6.18. The molecule has 2 rings (SSSR count). The van der Waals surface area contributed by atoms with Crippen LogP contribution in [-0.4, -0.2) is 42.3 Å². The number of likely N-dealkylation sites (tertiary alicyclic amines) is 1. The van der Waals surface area contributed by atoms with E-state index in [-0.39, 0.29) is 11.7 Å². The molecule has 2 atom stereocenters. The zero-order valence-corrected chi connectivity index (χ0v) is 10.5. The van der Waals surface area contributed by atoms with E-state index in [0.717, 1.165) is 32.5 Å². The van der Waals surface area contributed by atoms with Crippen molar-refractivity contribution in [1.29, 1.82) is 0 Å². The Kier molecular flexibility index (Phi) is 3.10. The molecule has 1 N–H and O–H groups in total. The van der Waals surface area contributed by atoms with E-state index in [1.54, 1.807) is 0 Å². The molecule has 2 fully saturated rings. The standard InChI is InChI=1S/C12H22N2O2/c1-12(2,3)16-11(15)14-7-5-9-8-13-6-4-10(9)14/h9-10,13H,4-8H2,1-3H3. The highest BCUT2D eigenvalue weighted by molar-refractivity contribution is 5.69. The van der Waals surface area contributed by atoms with Gasteiger partial charge >= 0.3 is 6.09 Å². The molecule has 0 aromatic heterocycles. The molecule has 4 nitrogen and oxygen atoms in total. The Morgan fingerprint density at radius 2 is 2.12 bits per heavy atom. The zero-order chi connectivity index (χ0) is 11.8. The van der Waals surface area contributed by atoms with Crippen LogP contribution in [0.1, 0.15) is 33.6 Å². The number of rotatable bonds is 0. The highest BCUT2D eigenvalue weighted by Crippen LogP contribution is 2.29. The van der Waals surface area contributed by atoms with Gasteiger partial charge in [0.25, 0.3) is 0 Å². The summed E-state index contributed by atoms with van der Waals surface area (Å²) in [7, 11) is 0. The van der Waals surface area contributed by atoms with Crippen molar-refractivity contribution in [1.82, 2.24) is 10.2 Å². The summed E-state index contributed by atoms with van der Waals surface area (Å²) in [5, 5.41) is 3.39. The maximum absolute atomic E-state index is 12.0. The smallest absolute Gasteiger partial charge is 0.410 e. The summed E-state index contributed by atoms with van der Waals surface area (Å²) in [5.41, 5.74) is -0.387. The molecule has 4 heteroatoms. The maximum Gasteiger partial charge on any atom is 0.410 e. The first-order chi connectivity index (χ1) is 7.47. The van der Waals surface area contributed by atoms with E-state index in [0.29, 0.717) is 12.0 Å². The predicted octanol–water partition coefficient (Wildman–Crippen LogP) is 1.61. The van der Waals surface area contributed by atoms with Gasteiger partial charge in [-0.3, -0.25) is 0 Å². The molecule has 0 aromatic carbocycles. The first kappa shape index (κ1) is 11.7. The Labute approximate surface area is 97.3 Å². The van der Waals surface area contributed by atoms with Gasteiger partial charge in [-0.1, -0.05) is 0 Å². The van der Waals surface area contributed by atoms with Crippen LogP contribution in [0.5, 0.6) is 0 Å². The highest BCUT2D eigenvalue weighted by atomic mass is 16.6. The van der Waals surface area contributed by atoms with Gasteiger partial charge in [0.05, 0.1) is 0 Å². The van der Waals surface area contributed by atoms with Crippen molar-refractivity contribution in [2.75, 3.05) is 19.6 Å². The number of ether oxygens (including phenoxy) is 1. The van der Waals surface area contributed by atoms with Crippen LogP contribution in [0.25, 0.3) is 0 Å². The molecule has 0 spiro atoms. The number of fused-ring (bicyclic) bond motifs is 1. The van der Waals surface area contributed by atoms with E-state index in [1.807, 2.05) is 25.7 Å². The molecule has 0 bridgehead atoms. The SMILES string of the molecule is CC(C)(C)OC(=O)N1CCC2CNCCC21. The van der Waals surface area contributed by atoms with E-state index in [2.05, 4.69) is 5.32 Å². The molecule has 2 saturated heterocycles. The third kappa shape index (κ3) is 2.48. The third-order valence-corrected chi connectivity index (χ3v) is 3.34. The summed E-state index contributed by atoms with van der Waals surface area (Å²) in [6, 6.07) is 0.399. The summed E-state index contributed by atoms with van der Waals surface area (Å²) in [5.74, 6) is 0.626. The number of carbonyl (C=O) groups excluding carboxylic acids is 1. The number of hydrogen-bond acceptors (Lipinski definition) is 3. The monoisotopic (exact) mass is 226 g/mol. The van der Waals surface area contributed by atoms with Crippen LogP contribution >= 0.6 is 0 Å². The second-order valence-corrected chi connectivity index (χ2v) is 5.78. The van der Waals surface area contributed by atoms with E-state index in [9.17, 15) is 4.79 Å². The van der Waals surface area contributed by atoms with Crippen LogP contribution < -0.4 is 5.32 Å². The van der Waals surface area contributed by atoms with Gasteiger partial charge in [-0.15, -0.1) is 0 Å². The van der Waals surface area contributed by atoms with Crippen molar-refractivity contribution in [3.63, 3.8) is 0 Å². The van der Waals surface area contributed by atoms with Gasteiger partial charge in [-0.25, -0.2) is 4.79 Å². The molecule has 2 heterocycles. The lowest BCUT2D eigenvalue weighted by atomic mass is 9.94. The van der Waals surface area contributed by atoms with Gasteiger partial charge < -0.3 is 15.0 Å². The number of piperidine rings is 1. The van der Waals surface area contributed by atoms with Gasteiger partial charge in [-0.2, -0.15) is 0 Å². The molecular formula is C12H22N2O2. The van der Waals surface area contributed by atoms with Gasteiger partial charge in [0.2, 0.25) is 0 Å². The largest absolute Gasteiger partial charge is 0.444 e. The molecule has 0 radical (unpaired) electrons. The van der Waals surface area contributed by atoms with Crippen LogP contribution in [-0.2, 0) is 4.74 Å². The van der Waals surface area contributed by atoms with Crippen LogP contribution in [0, 0.1) is 5.92 Å². The summed E-state index contributed by atoms with van der Waals surface area (Å²) >= 11 is 0. The molecule has 2 aliphatic rings. The number of nitrogens with one attached hydrogen (secondary N) is 1. The molecule has 16 heavy (non-hydrogen) atoms. The molecular weight excluding hydrogens is 204 g/mol. The number of hydrogen-bond donors (Lipinski definition) is 1. The first-order valence-electron chi connectivity index (χ1n) is 6.18. The fourth-order valence-corrected chi connectivity index (χ4v) is 2.63. The van der Waals surface area contributed by atoms with Crippen LogP contribution in [0.3, 0.4) is 0 Å². The summed E-state index contributed by atoms with van der Waals surface area (Å²) in [4.78, 5) is 13.9. The topological polar surface area (TPSA) is 41.6 Å². The summed E-state index contributed by atoms with van der Waals surface area (Å²) in [6.45, 7) is 8.67. The molecule has 2 aliphatic heterocycles. The van der Waals surface area contributed by atoms with Crippen LogP contribution in [0.2, 0.25) is 0 Å². The maximum atomic E-state index is 12.0. The van der Waals surface area contributed by atoms with Gasteiger partial charge in [0.1, 0.15) is 5.60 Å². The van der Waals surface area contributed by atoms with E-state index >= 15 is 0 Å². The van der Waals surface area contributed by atoms with E-state index < -0.39 is 0 Å². The average molecular weight is 226 g/mol. The Hall–Kier alpha value is -0.770. The Bertz CT molecular complexity index is 273. The predicted molar refractivity (Wildman–Crippen MR) is 62.3 cm³/mol. The van der Waals surface area contributed by atoms with Gasteiger partial charge in [-0.05, 0) is 52.6 Å². The fraction of sp³-hybridized carbons (Fsp3) is 0.917. The molecule has 0 saturated carbocycles. The summed E-state index contributed by atoms with van der Waals surface area (Å²) < 4.78 is 5.44. The van der Waals surface area contributed by atoms with Crippen LogP contribution in [0.15, 0.2) is 0 Å². The zero-order valence-electron chi connectivity index (χ0n) is 10.5. The second kappa shape index (κ2) is 4.24. The van der Waals surface area contributed by atoms with Crippen molar-refractivity contribution in [2.24, 2.45) is 5.92 Å². The van der Waals surface area contributed by atoms with E-state index in [4.69, 9.17) is 4.74 Å². The van der Waals surface area contributed by atoms with Crippen LogP contribution in [0.4, 0.5) is 4.79 Å². The fourth-order valence-electron chi connectivity index (χ4n) is 2.63. The average Bonchev–Trinajstić information content (AvgIpc) is 2.58. The Balaban J connectivity index is 1.97. The van der Waals surface area contributed by atoms with Crippen molar-refractivity contribution < 1.29 is 9.53 Å². The van der Waals surface area contributed by atoms with Gasteiger partial charge in [0.15, 0.2) is 0 Å². The quantitative estimate of drug-likeness (QED) is 0.682. The normalized spacial score (nSPS) is 30.1. The van der Waals surface area contributed by atoms with Gasteiger partial charge in [0, 0.05) is 12.6 Å². The molecule has 0 aromatic rings. The lowest BCUT2D eigenvalue weighted by Gasteiger charge is -2.33. The molecule has 1 amide bonds. The Morgan fingerprint density at radius 3 is 2.81 bits per heavy atom. The van der Waals surface area contributed by atoms with Crippen molar-refractivity contribution >= 4 is 6.09 Å². The minimum absolute atomic E-state index is 0.137. The second-order valence-electron chi connectivity index (χ2n) is 5.78. The number of amides is 1. The minimum atomic E-state index is -0.387. The lowest BCUT2D eigenvalue weighted by molar-refractivity contribution is 0.0189. The number of nitrogens with zero attached hydrogens (tertiary/aromatic N) is 1.